The zero-order valence-electron chi connectivity index (χ0n) is 14.8. The Hall–Kier alpha value is -2.77. The number of rotatable bonds is 7. The monoisotopic (exact) mass is 360 g/mol. The molecular formula is C18H21FN4O3. The standard InChI is InChI=1S/C18H21FN4O3/c1-3-5-6-14-20-15(26-22-14)11-23-16(24)18(4-2,21-17(23)25)12-7-9-13(19)10-8-12/h7-10H,3-6,11H2,1-2H3,(H,21,25)/t18-/m1/s1. The molecule has 2 aromatic rings. The van der Waals surface area contributed by atoms with Crippen LogP contribution in [0, 0.1) is 5.82 Å². The summed E-state index contributed by atoms with van der Waals surface area (Å²) in [5, 5.41) is 6.61. The van der Waals surface area contributed by atoms with Crippen molar-refractivity contribution in [3.05, 3.63) is 47.4 Å². The minimum atomic E-state index is -1.21. The fourth-order valence-corrected chi connectivity index (χ4v) is 3.07. The van der Waals surface area contributed by atoms with E-state index in [9.17, 15) is 14.0 Å². The molecule has 1 aliphatic heterocycles. The number of urea groups is 1. The molecule has 1 N–H and O–H groups in total. The summed E-state index contributed by atoms with van der Waals surface area (Å²) in [6.45, 7) is 3.77. The van der Waals surface area contributed by atoms with Crippen molar-refractivity contribution in [3.63, 3.8) is 0 Å². The predicted octanol–water partition coefficient (Wildman–Crippen LogP) is 2.91. The highest BCUT2D eigenvalue weighted by Gasteiger charge is 2.51. The second-order valence-electron chi connectivity index (χ2n) is 6.30. The number of benzene rings is 1. The van der Waals surface area contributed by atoms with Crippen LogP contribution in [0.5, 0.6) is 0 Å². The average Bonchev–Trinajstić information content (AvgIpc) is 3.19. The molecule has 8 heteroatoms. The third kappa shape index (κ3) is 3.18. The number of carbonyl (C=O) groups is 2. The third-order valence-corrected chi connectivity index (χ3v) is 4.60. The molecule has 0 saturated carbocycles. The highest BCUT2D eigenvalue weighted by molar-refractivity contribution is 6.07. The van der Waals surface area contributed by atoms with Crippen LogP contribution in [-0.2, 0) is 23.3 Å². The van der Waals surface area contributed by atoms with E-state index in [4.69, 9.17) is 4.52 Å². The lowest BCUT2D eigenvalue weighted by Crippen LogP contribution is -2.43. The van der Waals surface area contributed by atoms with E-state index in [1.54, 1.807) is 6.92 Å². The lowest BCUT2D eigenvalue weighted by atomic mass is 9.87. The van der Waals surface area contributed by atoms with Crippen LogP contribution in [0.25, 0.3) is 0 Å². The number of nitrogens with one attached hydrogen (secondary N) is 1. The number of nitrogens with zero attached hydrogens (tertiary/aromatic N) is 3. The van der Waals surface area contributed by atoms with E-state index in [1.807, 2.05) is 0 Å². The summed E-state index contributed by atoms with van der Waals surface area (Å²) in [5.41, 5.74) is -0.674. The van der Waals surface area contributed by atoms with Gasteiger partial charge >= 0.3 is 6.03 Å². The largest absolute Gasteiger partial charge is 0.337 e. The Balaban J connectivity index is 1.81. The molecule has 1 aliphatic rings. The summed E-state index contributed by atoms with van der Waals surface area (Å²) < 4.78 is 18.4. The van der Waals surface area contributed by atoms with Gasteiger partial charge in [-0.3, -0.25) is 9.69 Å². The van der Waals surface area contributed by atoms with Gasteiger partial charge in [0.2, 0.25) is 5.89 Å². The topological polar surface area (TPSA) is 88.3 Å². The van der Waals surface area contributed by atoms with E-state index < -0.39 is 23.3 Å². The molecule has 138 valence electrons. The van der Waals surface area contributed by atoms with Crippen LogP contribution in [0.2, 0.25) is 0 Å². The van der Waals surface area contributed by atoms with Gasteiger partial charge in [0.15, 0.2) is 5.82 Å². The van der Waals surface area contributed by atoms with E-state index in [2.05, 4.69) is 22.4 Å². The number of aryl methyl sites for hydroxylation is 1. The van der Waals surface area contributed by atoms with E-state index >= 15 is 0 Å². The molecule has 1 saturated heterocycles. The minimum absolute atomic E-state index is 0.0905. The smallest absolute Gasteiger partial charge is 0.325 e. The van der Waals surface area contributed by atoms with Crippen molar-refractivity contribution in [2.75, 3.05) is 0 Å². The first-order valence-electron chi connectivity index (χ1n) is 8.71. The number of amides is 3. The molecular weight excluding hydrogens is 339 g/mol. The summed E-state index contributed by atoms with van der Waals surface area (Å²) in [7, 11) is 0. The molecule has 0 radical (unpaired) electrons. The maximum Gasteiger partial charge on any atom is 0.325 e. The summed E-state index contributed by atoms with van der Waals surface area (Å²) in [6.07, 6.45) is 2.97. The van der Waals surface area contributed by atoms with Crippen molar-refractivity contribution in [2.24, 2.45) is 0 Å². The van der Waals surface area contributed by atoms with E-state index in [1.165, 1.54) is 24.3 Å². The third-order valence-electron chi connectivity index (χ3n) is 4.60. The van der Waals surface area contributed by atoms with Crippen molar-refractivity contribution in [1.29, 1.82) is 0 Å². The Morgan fingerprint density at radius 2 is 1.96 bits per heavy atom. The molecule has 0 bridgehead atoms. The van der Waals surface area contributed by atoms with Gasteiger partial charge in [0.05, 0.1) is 0 Å². The molecule has 0 aliphatic carbocycles. The molecule has 1 aromatic carbocycles. The van der Waals surface area contributed by atoms with Gasteiger partial charge in [-0.05, 0) is 30.5 Å². The molecule has 0 spiro atoms. The van der Waals surface area contributed by atoms with Crippen molar-refractivity contribution in [2.45, 2.75) is 51.6 Å². The molecule has 1 atom stereocenters. The number of hydrogen-bond acceptors (Lipinski definition) is 5. The number of hydrogen-bond donors (Lipinski definition) is 1. The van der Waals surface area contributed by atoms with Crippen molar-refractivity contribution in [1.82, 2.24) is 20.4 Å². The number of unbranched alkanes of at least 4 members (excludes halogenated alkanes) is 1. The van der Waals surface area contributed by atoms with Gasteiger partial charge in [-0.2, -0.15) is 4.98 Å². The van der Waals surface area contributed by atoms with Crippen molar-refractivity contribution < 1.29 is 18.5 Å². The molecule has 1 fully saturated rings. The number of aromatic nitrogens is 2. The zero-order chi connectivity index (χ0) is 18.7. The number of carbonyl (C=O) groups excluding carboxylic acids is 2. The maximum absolute atomic E-state index is 13.2. The van der Waals surface area contributed by atoms with Gasteiger partial charge in [0.1, 0.15) is 17.9 Å². The fraction of sp³-hybridized carbons (Fsp3) is 0.444. The normalized spacial score (nSPS) is 19.9. The van der Waals surface area contributed by atoms with Crippen LogP contribution in [0.1, 0.15) is 50.4 Å². The quantitative estimate of drug-likeness (QED) is 0.767. The molecule has 3 rings (SSSR count). The van der Waals surface area contributed by atoms with Crippen molar-refractivity contribution in [3.8, 4) is 0 Å². The molecule has 7 nitrogen and oxygen atoms in total. The van der Waals surface area contributed by atoms with Crippen LogP contribution < -0.4 is 5.32 Å². The first-order chi connectivity index (χ1) is 12.5. The SMILES string of the molecule is CCCCc1noc(CN2C(=O)N[C@](CC)(c3ccc(F)cc3)C2=O)n1. The Bertz CT molecular complexity index is 805. The molecule has 3 amide bonds. The lowest BCUT2D eigenvalue weighted by Gasteiger charge is -2.25. The Morgan fingerprint density at radius 1 is 1.23 bits per heavy atom. The summed E-state index contributed by atoms with van der Waals surface area (Å²) in [4.78, 5) is 30.7. The summed E-state index contributed by atoms with van der Waals surface area (Å²) in [6, 6.07) is 5.03. The number of imide groups is 1. The fourth-order valence-electron chi connectivity index (χ4n) is 3.07. The Morgan fingerprint density at radius 3 is 2.62 bits per heavy atom. The first kappa shape index (κ1) is 18.0. The maximum atomic E-state index is 13.2. The van der Waals surface area contributed by atoms with Crippen LogP contribution >= 0.6 is 0 Å². The Labute approximate surface area is 150 Å². The average molecular weight is 360 g/mol. The second-order valence-corrected chi connectivity index (χ2v) is 6.30. The highest BCUT2D eigenvalue weighted by atomic mass is 19.1. The van der Waals surface area contributed by atoms with Crippen molar-refractivity contribution >= 4 is 11.9 Å². The second kappa shape index (κ2) is 7.23. The van der Waals surface area contributed by atoms with Crippen LogP contribution in [0.4, 0.5) is 9.18 Å². The highest BCUT2D eigenvalue weighted by Crippen LogP contribution is 2.33. The van der Waals surface area contributed by atoms with Crippen LogP contribution in [0.3, 0.4) is 0 Å². The molecule has 0 unspecified atom stereocenters. The predicted molar refractivity (Wildman–Crippen MR) is 90.4 cm³/mol. The van der Waals surface area contributed by atoms with Gasteiger partial charge < -0.3 is 9.84 Å². The summed E-state index contributed by atoms with van der Waals surface area (Å²) in [5.74, 6) is -0.0381. The zero-order valence-corrected chi connectivity index (χ0v) is 14.8. The van der Waals surface area contributed by atoms with E-state index in [0.717, 1.165) is 17.7 Å². The minimum Gasteiger partial charge on any atom is -0.337 e. The first-order valence-corrected chi connectivity index (χ1v) is 8.71. The Kier molecular flexibility index (Phi) is 5.01. The van der Waals surface area contributed by atoms with Gasteiger partial charge in [-0.15, -0.1) is 0 Å². The molecule has 2 heterocycles. The van der Waals surface area contributed by atoms with Gasteiger partial charge in [0.25, 0.3) is 5.91 Å². The van der Waals surface area contributed by atoms with Crippen LogP contribution in [0.15, 0.2) is 28.8 Å². The molecule has 1 aromatic heterocycles. The molecule has 26 heavy (non-hydrogen) atoms. The lowest BCUT2D eigenvalue weighted by molar-refractivity contribution is -0.132. The van der Waals surface area contributed by atoms with Gasteiger partial charge in [-0.1, -0.05) is 37.6 Å². The van der Waals surface area contributed by atoms with Crippen LogP contribution in [-0.4, -0.2) is 27.0 Å². The van der Waals surface area contributed by atoms with Gasteiger partial charge in [-0.25, -0.2) is 9.18 Å². The summed E-state index contributed by atoms with van der Waals surface area (Å²) >= 11 is 0. The van der Waals surface area contributed by atoms with E-state index in [0.29, 0.717) is 24.2 Å². The van der Waals surface area contributed by atoms with Gasteiger partial charge in [0, 0.05) is 6.42 Å². The van der Waals surface area contributed by atoms with E-state index in [-0.39, 0.29) is 12.4 Å². The number of halogens is 1.